The first-order chi connectivity index (χ1) is 13.8. The second-order valence-corrected chi connectivity index (χ2v) is 6.75. The van der Waals surface area contributed by atoms with Crippen molar-refractivity contribution in [2.24, 2.45) is 0 Å². The Bertz CT molecular complexity index is 1140. The van der Waals surface area contributed by atoms with E-state index in [4.69, 9.17) is 13.9 Å². The predicted octanol–water partition coefficient (Wildman–Crippen LogP) is 2.65. The Kier molecular flexibility index (Phi) is 5.81. The highest BCUT2D eigenvalue weighted by atomic mass is 16.5. The molecule has 2 heterocycles. The molecule has 0 aliphatic rings. The molecule has 29 heavy (non-hydrogen) atoms. The topological polar surface area (TPSA) is 101 Å². The van der Waals surface area contributed by atoms with E-state index in [1.54, 1.807) is 6.92 Å². The number of esters is 1. The van der Waals surface area contributed by atoms with Gasteiger partial charge in [0.15, 0.2) is 11.3 Å². The fourth-order valence-corrected chi connectivity index (χ4v) is 3.03. The summed E-state index contributed by atoms with van der Waals surface area (Å²) in [5, 5.41) is 0. The van der Waals surface area contributed by atoms with Crippen molar-refractivity contribution in [2.75, 3.05) is 7.11 Å². The van der Waals surface area contributed by atoms with Crippen LogP contribution in [0.5, 0.6) is 5.75 Å². The van der Waals surface area contributed by atoms with E-state index in [0.29, 0.717) is 4.57 Å². The number of hydrogen-bond donors (Lipinski definition) is 0. The Labute approximate surface area is 166 Å². The van der Waals surface area contributed by atoms with Crippen LogP contribution in [0.15, 0.2) is 56.6 Å². The van der Waals surface area contributed by atoms with E-state index in [1.165, 1.54) is 26.3 Å². The summed E-state index contributed by atoms with van der Waals surface area (Å²) in [6.07, 6.45) is 0.897. The molecule has 8 heteroatoms. The third kappa shape index (κ3) is 3.91. The van der Waals surface area contributed by atoms with Gasteiger partial charge in [0.05, 0.1) is 7.11 Å². The Morgan fingerprint density at radius 2 is 1.79 bits per heavy atom. The maximum Gasteiger partial charge on any atom is 0.423 e. The Balaban J connectivity index is 1.89. The van der Waals surface area contributed by atoms with Crippen LogP contribution < -0.4 is 16.1 Å². The Morgan fingerprint density at radius 3 is 2.45 bits per heavy atom. The molecule has 3 aromatic rings. The molecule has 0 bridgehead atoms. The van der Waals surface area contributed by atoms with Gasteiger partial charge in [-0.15, -0.1) is 0 Å². The summed E-state index contributed by atoms with van der Waals surface area (Å²) in [4.78, 5) is 41.8. The van der Waals surface area contributed by atoms with Crippen molar-refractivity contribution >= 4 is 17.1 Å². The average Bonchev–Trinajstić information content (AvgIpc) is 2.73. The molecule has 0 aliphatic heterocycles. The second-order valence-electron chi connectivity index (χ2n) is 6.75. The van der Waals surface area contributed by atoms with Crippen molar-refractivity contribution in [3.8, 4) is 5.75 Å². The van der Waals surface area contributed by atoms with Crippen LogP contribution in [0.3, 0.4) is 0 Å². The maximum absolute atomic E-state index is 12.8. The van der Waals surface area contributed by atoms with Crippen LogP contribution in [-0.4, -0.2) is 28.7 Å². The number of carbonyl (C=O) groups excluding carboxylic acids is 1. The van der Waals surface area contributed by atoms with E-state index in [1.807, 2.05) is 37.3 Å². The summed E-state index contributed by atoms with van der Waals surface area (Å²) in [7, 11) is 1.38. The number of ether oxygens (including phenoxy) is 2. The summed E-state index contributed by atoms with van der Waals surface area (Å²) < 4.78 is 16.5. The van der Waals surface area contributed by atoms with Crippen LogP contribution in [0.2, 0.25) is 0 Å². The van der Waals surface area contributed by atoms with Gasteiger partial charge in [-0.1, -0.05) is 37.3 Å². The first-order valence-corrected chi connectivity index (χ1v) is 9.19. The number of rotatable bonds is 6. The zero-order chi connectivity index (χ0) is 21.1. The molecule has 0 saturated carbocycles. The lowest BCUT2D eigenvalue weighted by molar-refractivity contribution is -0.153. The lowest BCUT2D eigenvalue weighted by atomic mass is 9.96. The zero-order valence-corrected chi connectivity index (χ0v) is 16.6. The van der Waals surface area contributed by atoms with Crippen LogP contribution in [-0.2, 0) is 9.53 Å². The molecule has 152 valence electrons. The van der Waals surface area contributed by atoms with Crippen LogP contribution >= 0.6 is 0 Å². The molecule has 0 spiro atoms. The minimum absolute atomic E-state index is 0.0621. The molecule has 8 nitrogen and oxygen atoms in total. The number of hydrogen-bond acceptors (Lipinski definition) is 7. The smallest absolute Gasteiger partial charge is 0.423 e. The first kappa shape index (κ1) is 20.3. The molecule has 3 rings (SSSR count). The first-order valence-electron chi connectivity index (χ1n) is 9.19. The number of methoxy groups -OCH3 is 1. The van der Waals surface area contributed by atoms with E-state index in [-0.39, 0.29) is 22.8 Å². The van der Waals surface area contributed by atoms with Crippen LogP contribution in [0.25, 0.3) is 11.1 Å². The molecule has 0 radical (unpaired) electrons. The Hall–Kier alpha value is -3.42. The van der Waals surface area contributed by atoms with Crippen molar-refractivity contribution in [3.05, 3.63) is 69.1 Å². The zero-order valence-electron chi connectivity index (χ0n) is 16.6. The molecule has 3 atom stereocenters. The largest absolute Gasteiger partial charge is 0.493 e. The lowest BCUT2D eigenvalue weighted by Gasteiger charge is -2.23. The van der Waals surface area contributed by atoms with Gasteiger partial charge in [0.25, 0.3) is 5.56 Å². The van der Waals surface area contributed by atoms with Crippen molar-refractivity contribution < 1.29 is 18.7 Å². The Morgan fingerprint density at radius 1 is 1.10 bits per heavy atom. The SMILES string of the molecule is COc1ccnc2c(=O)n([C@@H](C)C(=O)OC(C)C(C)c3ccccc3)c(=O)oc12. The van der Waals surface area contributed by atoms with Crippen LogP contribution in [0, 0.1) is 0 Å². The molecule has 2 unspecified atom stereocenters. The molecule has 0 saturated heterocycles. The molecule has 0 N–H and O–H groups in total. The van der Waals surface area contributed by atoms with Crippen molar-refractivity contribution in [3.63, 3.8) is 0 Å². The molecular weight excluding hydrogens is 376 g/mol. The summed E-state index contributed by atoms with van der Waals surface area (Å²) in [6, 6.07) is 9.90. The summed E-state index contributed by atoms with van der Waals surface area (Å²) in [5.41, 5.74) is 0.102. The van der Waals surface area contributed by atoms with Gasteiger partial charge in [0, 0.05) is 18.2 Å². The van der Waals surface area contributed by atoms with Gasteiger partial charge in [-0.25, -0.2) is 19.1 Å². The maximum atomic E-state index is 12.8. The number of pyridine rings is 1. The highest BCUT2D eigenvalue weighted by molar-refractivity contribution is 5.78. The van der Waals surface area contributed by atoms with E-state index in [9.17, 15) is 14.4 Å². The lowest BCUT2D eigenvalue weighted by Crippen LogP contribution is -2.39. The van der Waals surface area contributed by atoms with E-state index in [0.717, 1.165) is 5.56 Å². The molecule has 1 aromatic carbocycles. The molecule has 2 aromatic heterocycles. The highest BCUT2D eigenvalue weighted by Crippen LogP contribution is 2.23. The second kappa shape index (κ2) is 8.30. The highest BCUT2D eigenvalue weighted by Gasteiger charge is 2.27. The number of aromatic nitrogens is 2. The van der Waals surface area contributed by atoms with Gasteiger partial charge in [-0.3, -0.25) is 4.79 Å². The quantitative estimate of drug-likeness (QED) is 0.588. The van der Waals surface area contributed by atoms with Crippen molar-refractivity contribution in [2.45, 2.75) is 38.8 Å². The average molecular weight is 398 g/mol. The summed E-state index contributed by atoms with van der Waals surface area (Å²) in [6.45, 7) is 5.11. The van der Waals surface area contributed by atoms with Gasteiger partial charge in [0.1, 0.15) is 12.1 Å². The predicted molar refractivity (Wildman–Crippen MR) is 106 cm³/mol. The van der Waals surface area contributed by atoms with E-state index in [2.05, 4.69) is 4.98 Å². The fourth-order valence-electron chi connectivity index (χ4n) is 3.03. The molecule has 0 amide bonds. The van der Waals surface area contributed by atoms with Gasteiger partial charge in [-0.2, -0.15) is 0 Å². The number of nitrogens with zero attached hydrogens (tertiary/aromatic N) is 2. The summed E-state index contributed by atoms with van der Waals surface area (Å²) >= 11 is 0. The van der Waals surface area contributed by atoms with Crippen LogP contribution in [0.4, 0.5) is 0 Å². The van der Waals surface area contributed by atoms with Gasteiger partial charge in [-0.05, 0) is 19.4 Å². The van der Waals surface area contributed by atoms with Crippen molar-refractivity contribution in [1.82, 2.24) is 9.55 Å². The minimum Gasteiger partial charge on any atom is -0.493 e. The number of fused-ring (bicyclic) bond motifs is 1. The standard InChI is InChI=1S/C21H22N2O6/c1-12(15-8-6-5-7-9-15)14(3)28-20(25)13(2)23-19(24)17-18(29-21(23)26)16(27-4)10-11-22-17/h5-14H,1-4H3/t12?,13-,14?/m0/s1. The molecule has 0 fully saturated rings. The fraction of sp³-hybridized carbons (Fsp3) is 0.333. The third-order valence-corrected chi connectivity index (χ3v) is 4.96. The molecule has 0 aliphatic carbocycles. The third-order valence-electron chi connectivity index (χ3n) is 4.96. The molecular formula is C21H22N2O6. The number of carbonyl (C=O) groups is 1. The van der Waals surface area contributed by atoms with Gasteiger partial charge in [0.2, 0.25) is 5.58 Å². The van der Waals surface area contributed by atoms with E-state index >= 15 is 0 Å². The van der Waals surface area contributed by atoms with Gasteiger partial charge < -0.3 is 13.9 Å². The van der Waals surface area contributed by atoms with Crippen molar-refractivity contribution in [1.29, 1.82) is 0 Å². The normalized spacial score (nSPS) is 14.2. The number of benzene rings is 1. The van der Waals surface area contributed by atoms with E-state index < -0.39 is 29.4 Å². The van der Waals surface area contributed by atoms with Crippen LogP contribution in [0.1, 0.15) is 38.3 Å². The van der Waals surface area contributed by atoms with Gasteiger partial charge >= 0.3 is 11.7 Å². The monoisotopic (exact) mass is 398 g/mol. The summed E-state index contributed by atoms with van der Waals surface area (Å²) in [5.74, 6) is -1.56. The minimum atomic E-state index is -1.18.